The van der Waals surface area contributed by atoms with Crippen LogP contribution in [0.4, 0.5) is 4.39 Å². The molecule has 0 unspecified atom stereocenters. The summed E-state index contributed by atoms with van der Waals surface area (Å²) in [5.41, 5.74) is 0.379. The van der Waals surface area contributed by atoms with Crippen LogP contribution in [0, 0.1) is 11.7 Å². The summed E-state index contributed by atoms with van der Waals surface area (Å²) in [6, 6.07) is 6.46. The van der Waals surface area contributed by atoms with Crippen LogP contribution in [0.3, 0.4) is 0 Å². The standard InChI is InChI=1S/C19H22FN3O2/c20-17-4-2-1-3-16(17)13-18(24)15-5-8-22(9-6-15)11-12-23-10-7-21-14-19(23)25/h1-4,7,10,14-15H,5-6,8-9,11-13H2. The van der Waals surface area contributed by atoms with Crippen molar-refractivity contribution in [2.75, 3.05) is 19.6 Å². The summed E-state index contributed by atoms with van der Waals surface area (Å²) in [5, 5.41) is 0. The molecule has 25 heavy (non-hydrogen) atoms. The Morgan fingerprint density at radius 2 is 1.96 bits per heavy atom. The Morgan fingerprint density at radius 1 is 1.20 bits per heavy atom. The second kappa shape index (κ2) is 8.16. The molecule has 1 aliphatic heterocycles. The normalized spacial score (nSPS) is 16.0. The van der Waals surface area contributed by atoms with E-state index in [1.54, 1.807) is 35.2 Å². The van der Waals surface area contributed by atoms with E-state index in [9.17, 15) is 14.0 Å². The molecular weight excluding hydrogens is 321 g/mol. The number of likely N-dealkylation sites (tertiary alicyclic amines) is 1. The monoisotopic (exact) mass is 343 g/mol. The van der Waals surface area contributed by atoms with Crippen molar-refractivity contribution in [2.24, 2.45) is 5.92 Å². The first-order valence-electron chi connectivity index (χ1n) is 8.62. The van der Waals surface area contributed by atoms with Gasteiger partial charge < -0.3 is 9.47 Å². The van der Waals surface area contributed by atoms with Crippen molar-refractivity contribution in [1.82, 2.24) is 14.5 Å². The number of carbonyl (C=O) groups is 1. The molecule has 0 bridgehead atoms. The quantitative estimate of drug-likeness (QED) is 0.804. The Kier molecular flexibility index (Phi) is 5.71. The number of rotatable bonds is 6. The predicted octanol–water partition coefficient (Wildman–Crippen LogP) is 1.91. The summed E-state index contributed by atoms with van der Waals surface area (Å²) < 4.78 is 15.3. The van der Waals surface area contributed by atoms with Crippen LogP contribution in [0.1, 0.15) is 18.4 Å². The molecule has 0 amide bonds. The van der Waals surface area contributed by atoms with Gasteiger partial charge in [0.15, 0.2) is 0 Å². The summed E-state index contributed by atoms with van der Waals surface area (Å²) in [7, 11) is 0. The van der Waals surface area contributed by atoms with Crippen LogP contribution in [-0.4, -0.2) is 39.9 Å². The van der Waals surface area contributed by atoms with E-state index >= 15 is 0 Å². The number of halogens is 1. The van der Waals surface area contributed by atoms with E-state index in [1.165, 1.54) is 12.3 Å². The molecule has 6 heteroatoms. The molecule has 5 nitrogen and oxygen atoms in total. The second-order valence-electron chi connectivity index (χ2n) is 6.46. The van der Waals surface area contributed by atoms with E-state index in [1.807, 2.05) is 0 Å². The summed E-state index contributed by atoms with van der Waals surface area (Å²) in [5.74, 6) is -0.189. The van der Waals surface area contributed by atoms with Crippen molar-refractivity contribution >= 4 is 5.78 Å². The largest absolute Gasteiger partial charge is 0.311 e. The summed E-state index contributed by atoms with van der Waals surface area (Å²) >= 11 is 0. The van der Waals surface area contributed by atoms with Crippen LogP contribution >= 0.6 is 0 Å². The molecule has 2 aromatic rings. The second-order valence-corrected chi connectivity index (χ2v) is 6.46. The zero-order valence-corrected chi connectivity index (χ0v) is 14.1. The smallest absolute Gasteiger partial charge is 0.269 e. The molecule has 1 saturated heterocycles. The third-order valence-corrected chi connectivity index (χ3v) is 4.82. The molecule has 1 aromatic carbocycles. The lowest BCUT2D eigenvalue weighted by Crippen LogP contribution is -2.39. The van der Waals surface area contributed by atoms with Gasteiger partial charge in [0.05, 0.1) is 6.20 Å². The predicted molar refractivity (Wildman–Crippen MR) is 92.8 cm³/mol. The topological polar surface area (TPSA) is 55.2 Å². The fourth-order valence-electron chi connectivity index (χ4n) is 3.26. The molecule has 0 spiro atoms. The average Bonchev–Trinajstić information content (AvgIpc) is 2.63. The van der Waals surface area contributed by atoms with Gasteiger partial charge in [-0.05, 0) is 37.6 Å². The number of carbonyl (C=O) groups excluding carboxylic acids is 1. The van der Waals surface area contributed by atoms with E-state index in [-0.39, 0.29) is 29.5 Å². The molecule has 0 saturated carbocycles. The lowest BCUT2D eigenvalue weighted by atomic mass is 9.89. The summed E-state index contributed by atoms with van der Waals surface area (Å²) in [6.45, 7) is 3.05. The molecule has 0 N–H and O–H groups in total. The van der Waals surface area contributed by atoms with E-state index < -0.39 is 0 Å². The number of piperidine rings is 1. The van der Waals surface area contributed by atoms with E-state index in [0.29, 0.717) is 12.1 Å². The first kappa shape index (κ1) is 17.5. The first-order valence-corrected chi connectivity index (χ1v) is 8.62. The van der Waals surface area contributed by atoms with Crippen molar-refractivity contribution in [1.29, 1.82) is 0 Å². The van der Waals surface area contributed by atoms with Crippen molar-refractivity contribution in [3.8, 4) is 0 Å². The van der Waals surface area contributed by atoms with Gasteiger partial charge in [0.2, 0.25) is 0 Å². The number of hydrogen-bond donors (Lipinski definition) is 0. The van der Waals surface area contributed by atoms with E-state index in [4.69, 9.17) is 0 Å². The number of hydrogen-bond acceptors (Lipinski definition) is 4. The molecule has 3 rings (SSSR count). The van der Waals surface area contributed by atoms with Gasteiger partial charge in [0.25, 0.3) is 5.56 Å². The van der Waals surface area contributed by atoms with Crippen molar-refractivity contribution in [3.05, 3.63) is 64.6 Å². The van der Waals surface area contributed by atoms with Gasteiger partial charge in [-0.15, -0.1) is 0 Å². The maximum Gasteiger partial charge on any atom is 0.269 e. The van der Waals surface area contributed by atoms with Crippen molar-refractivity contribution in [2.45, 2.75) is 25.8 Å². The van der Waals surface area contributed by atoms with Gasteiger partial charge in [-0.25, -0.2) is 4.39 Å². The Bertz CT molecular complexity index is 782. The SMILES string of the molecule is O=C(Cc1ccccc1F)C1CCN(CCn2ccncc2=O)CC1. The van der Waals surface area contributed by atoms with Gasteiger partial charge in [-0.1, -0.05) is 18.2 Å². The number of Topliss-reactive ketones (excluding diaryl/α,β-unsaturated/α-hetero) is 1. The third kappa shape index (κ3) is 4.60. The third-order valence-electron chi connectivity index (χ3n) is 4.82. The first-order chi connectivity index (χ1) is 12.1. The van der Waals surface area contributed by atoms with Crippen LogP contribution in [-0.2, 0) is 17.8 Å². The van der Waals surface area contributed by atoms with Crippen LogP contribution in [0.25, 0.3) is 0 Å². The molecule has 0 atom stereocenters. The highest BCUT2D eigenvalue weighted by Crippen LogP contribution is 2.20. The minimum atomic E-state index is -0.309. The van der Waals surface area contributed by atoms with Gasteiger partial charge in [0.1, 0.15) is 11.6 Å². The van der Waals surface area contributed by atoms with Crippen LogP contribution in [0.2, 0.25) is 0 Å². The molecule has 1 aromatic heterocycles. The molecule has 1 aliphatic rings. The van der Waals surface area contributed by atoms with Crippen LogP contribution in [0.5, 0.6) is 0 Å². The highest BCUT2D eigenvalue weighted by atomic mass is 19.1. The molecule has 1 fully saturated rings. The Labute approximate surface area is 146 Å². The Morgan fingerprint density at radius 3 is 2.68 bits per heavy atom. The summed E-state index contributed by atoms with van der Waals surface area (Å²) in [6.07, 6.45) is 6.36. The number of ketones is 1. The minimum absolute atomic E-state index is 0.000459. The number of nitrogens with zero attached hydrogens (tertiary/aromatic N) is 3. The Hall–Kier alpha value is -2.34. The van der Waals surface area contributed by atoms with Gasteiger partial charge in [0, 0.05) is 37.8 Å². The number of benzene rings is 1. The van der Waals surface area contributed by atoms with Crippen molar-refractivity contribution in [3.63, 3.8) is 0 Å². The zero-order chi connectivity index (χ0) is 17.6. The molecule has 0 radical (unpaired) electrons. The van der Waals surface area contributed by atoms with E-state index in [0.717, 1.165) is 32.5 Å². The number of aromatic nitrogens is 2. The average molecular weight is 343 g/mol. The van der Waals surface area contributed by atoms with Crippen LogP contribution in [0.15, 0.2) is 47.7 Å². The van der Waals surface area contributed by atoms with Gasteiger partial charge in [-0.2, -0.15) is 0 Å². The minimum Gasteiger partial charge on any atom is -0.311 e. The molecule has 132 valence electrons. The van der Waals surface area contributed by atoms with Gasteiger partial charge in [-0.3, -0.25) is 14.6 Å². The fraction of sp³-hybridized carbons (Fsp3) is 0.421. The molecule has 2 heterocycles. The summed E-state index contributed by atoms with van der Waals surface area (Å²) in [4.78, 5) is 30.1. The maximum atomic E-state index is 13.7. The van der Waals surface area contributed by atoms with Crippen molar-refractivity contribution < 1.29 is 9.18 Å². The fourth-order valence-corrected chi connectivity index (χ4v) is 3.26. The highest BCUT2D eigenvalue weighted by molar-refractivity contribution is 5.83. The highest BCUT2D eigenvalue weighted by Gasteiger charge is 2.25. The zero-order valence-electron chi connectivity index (χ0n) is 14.1. The van der Waals surface area contributed by atoms with E-state index in [2.05, 4.69) is 9.88 Å². The lowest BCUT2D eigenvalue weighted by molar-refractivity contribution is -0.123. The molecule has 0 aliphatic carbocycles. The Balaban J connectivity index is 1.47. The molecular formula is C19H22FN3O2. The lowest BCUT2D eigenvalue weighted by Gasteiger charge is -2.31. The maximum absolute atomic E-state index is 13.7. The van der Waals surface area contributed by atoms with Crippen LogP contribution < -0.4 is 5.56 Å². The van der Waals surface area contributed by atoms with Gasteiger partial charge >= 0.3 is 0 Å².